The summed E-state index contributed by atoms with van der Waals surface area (Å²) in [6.07, 6.45) is 6.26. The largest absolute Gasteiger partial charge is 0.461 e. The maximum atomic E-state index is 12.1. The molecule has 0 radical (unpaired) electrons. The van der Waals surface area contributed by atoms with Crippen LogP contribution in [0.5, 0.6) is 0 Å². The maximum Gasteiger partial charge on any atom is 0.323 e. The molecule has 2 saturated carbocycles. The summed E-state index contributed by atoms with van der Waals surface area (Å²) in [5.74, 6) is 1.40. The number of nitrogens with two attached hydrogens (primary N) is 1. The first-order valence-electron chi connectivity index (χ1n) is 7.28. The van der Waals surface area contributed by atoms with Gasteiger partial charge in [-0.1, -0.05) is 20.8 Å². The molecule has 2 bridgehead atoms. The molecule has 19 heavy (non-hydrogen) atoms. The molecule has 0 spiro atoms. The molecule has 3 unspecified atom stereocenters. The third kappa shape index (κ3) is 2.42. The molecule has 0 aromatic heterocycles. The molecule has 2 fully saturated rings. The molecule has 0 heterocycles. The zero-order valence-corrected chi connectivity index (χ0v) is 13.4. The van der Waals surface area contributed by atoms with Crippen molar-refractivity contribution in [2.45, 2.75) is 58.6 Å². The van der Waals surface area contributed by atoms with Gasteiger partial charge in [0.2, 0.25) is 0 Å². The predicted octanol–water partition coefficient (Wildman–Crippen LogP) is 2.82. The van der Waals surface area contributed by atoms with Gasteiger partial charge in [-0.3, -0.25) is 4.79 Å². The number of carbonyl (C=O) groups is 1. The molecule has 3 nitrogen and oxygen atoms in total. The van der Waals surface area contributed by atoms with Gasteiger partial charge in [0.25, 0.3) is 0 Å². The summed E-state index contributed by atoms with van der Waals surface area (Å²) in [6, 6.07) is -0.460. The summed E-state index contributed by atoms with van der Waals surface area (Å²) in [6.45, 7) is 6.93. The second kappa shape index (κ2) is 5.28. The van der Waals surface area contributed by atoms with E-state index in [2.05, 4.69) is 20.8 Å². The lowest BCUT2D eigenvalue weighted by molar-refractivity contribution is -0.158. The second-order valence-corrected chi connectivity index (χ2v) is 7.91. The van der Waals surface area contributed by atoms with E-state index in [4.69, 9.17) is 10.5 Å². The quantitative estimate of drug-likeness (QED) is 0.789. The first-order chi connectivity index (χ1) is 8.83. The fourth-order valence-electron chi connectivity index (χ4n) is 3.90. The van der Waals surface area contributed by atoms with Crippen LogP contribution >= 0.6 is 11.8 Å². The predicted molar refractivity (Wildman–Crippen MR) is 80.1 cm³/mol. The molecule has 2 N–H and O–H groups in total. The smallest absolute Gasteiger partial charge is 0.323 e. The minimum absolute atomic E-state index is 0.0640. The molecule has 0 aromatic carbocycles. The van der Waals surface area contributed by atoms with Gasteiger partial charge in [0.05, 0.1) is 0 Å². The minimum atomic E-state index is -0.460. The number of ether oxygens (including phenoxy) is 1. The highest BCUT2D eigenvalue weighted by molar-refractivity contribution is 7.98. The lowest BCUT2D eigenvalue weighted by atomic mass is 9.70. The lowest BCUT2D eigenvalue weighted by Gasteiger charge is -2.38. The van der Waals surface area contributed by atoms with Crippen molar-refractivity contribution in [1.82, 2.24) is 0 Å². The van der Waals surface area contributed by atoms with E-state index >= 15 is 0 Å². The Hall–Kier alpha value is -0.220. The topological polar surface area (TPSA) is 52.3 Å². The maximum absolute atomic E-state index is 12.1. The van der Waals surface area contributed by atoms with Gasteiger partial charge >= 0.3 is 5.97 Å². The standard InChI is InChI=1S/C15H27NO2S/c1-14(2)10-5-7-15(14,3)12(9-10)18-13(17)11(16)6-8-19-4/h10-12H,5-9,16H2,1-4H3/t10?,11?,12?,15-/m1/s1. The van der Waals surface area contributed by atoms with E-state index in [1.807, 2.05) is 6.26 Å². The SMILES string of the molecule is CSCCC(N)C(=O)OC1CC2CC[C@@]1(C)C2(C)C. The van der Waals surface area contributed by atoms with Crippen molar-refractivity contribution in [2.75, 3.05) is 12.0 Å². The highest BCUT2D eigenvalue weighted by Crippen LogP contribution is 2.66. The van der Waals surface area contributed by atoms with Gasteiger partial charge in [-0.2, -0.15) is 11.8 Å². The van der Waals surface area contributed by atoms with Crippen molar-refractivity contribution in [3.8, 4) is 0 Å². The Kier molecular flexibility index (Phi) is 4.22. The van der Waals surface area contributed by atoms with Crippen LogP contribution in [0.15, 0.2) is 0 Å². The zero-order chi connectivity index (χ0) is 14.3. The van der Waals surface area contributed by atoms with Crippen LogP contribution in [0.4, 0.5) is 0 Å². The molecular formula is C15H27NO2S. The number of fused-ring (bicyclic) bond motifs is 2. The Morgan fingerprint density at radius 2 is 2.16 bits per heavy atom. The van der Waals surface area contributed by atoms with Gasteiger partial charge in [0.15, 0.2) is 0 Å². The number of carbonyl (C=O) groups excluding carboxylic acids is 1. The molecule has 0 aromatic rings. The van der Waals surface area contributed by atoms with E-state index in [9.17, 15) is 4.79 Å². The number of rotatable bonds is 5. The van der Waals surface area contributed by atoms with Gasteiger partial charge in [-0.05, 0) is 49.0 Å². The molecule has 0 aliphatic heterocycles. The Morgan fingerprint density at radius 3 is 2.63 bits per heavy atom. The van der Waals surface area contributed by atoms with E-state index in [0.717, 1.165) is 12.2 Å². The summed E-state index contributed by atoms with van der Waals surface area (Å²) >= 11 is 1.71. The van der Waals surface area contributed by atoms with Crippen molar-refractivity contribution in [1.29, 1.82) is 0 Å². The summed E-state index contributed by atoms with van der Waals surface area (Å²) in [5.41, 5.74) is 6.31. The van der Waals surface area contributed by atoms with Gasteiger partial charge < -0.3 is 10.5 Å². The Morgan fingerprint density at radius 1 is 1.47 bits per heavy atom. The normalized spacial score (nSPS) is 37.3. The third-order valence-electron chi connectivity index (χ3n) is 5.91. The highest BCUT2D eigenvalue weighted by atomic mass is 32.2. The van der Waals surface area contributed by atoms with Crippen LogP contribution in [0.25, 0.3) is 0 Å². The van der Waals surface area contributed by atoms with Gasteiger partial charge in [-0.25, -0.2) is 0 Å². The van der Waals surface area contributed by atoms with Crippen LogP contribution < -0.4 is 5.73 Å². The second-order valence-electron chi connectivity index (χ2n) is 6.92. The number of thioether (sulfide) groups is 1. The van der Waals surface area contributed by atoms with E-state index in [-0.39, 0.29) is 22.9 Å². The van der Waals surface area contributed by atoms with E-state index in [1.54, 1.807) is 11.8 Å². The number of hydrogen-bond donors (Lipinski definition) is 1. The Bertz CT molecular complexity index is 358. The molecule has 2 aliphatic rings. The number of esters is 1. The highest BCUT2D eigenvalue weighted by Gasteiger charge is 2.62. The van der Waals surface area contributed by atoms with Crippen molar-refractivity contribution in [3.63, 3.8) is 0 Å². The fourth-order valence-corrected chi connectivity index (χ4v) is 4.39. The summed E-state index contributed by atoms with van der Waals surface area (Å²) in [5, 5.41) is 0. The van der Waals surface area contributed by atoms with E-state index in [0.29, 0.717) is 12.3 Å². The van der Waals surface area contributed by atoms with E-state index in [1.165, 1.54) is 12.8 Å². The fraction of sp³-hybridized carbons (Fsp3) is 0.933. The average Bonchev–Trinajstić information content (AvgIpc) is 2.68. The lowest BCUT2D eigenvalue weighted by Crippen LogP contribution is -2.42. The first kappa shape index (κ1) is 15.2. The summed E-state index contributed by atoms with van der Waals surface area (Å²) < 4.78 is 5.77. The van der Waals surface area contributed by atoms with Gasteiger partial charge in [0.1, 0.15) is 12.1 Å². The van der Waals surface area contributed by atoms with Crippen molar-refractivity contribution < 1.29 is 9.53 Å². The number of hydrogen-bond acceptors (Lipinski definition) is 4. The Labute approximate surface area is 121 Å². The van der Waals surface area contributed by atoms with Crippen molar-refractivity contribution in [3.05, 3.63) is 0 Å². The third-order valence-corrected chi connectivity index (χ3v) is 6.55. The van der Waals surface area contributed by atoms with Gasteiger partial charge in [-0.15, -0.1) is 0 Å². The zero-order valence-electron chi connectivity index (χ0n) is 12.6. The van der Waals surface area contributed by atoms with Crippen molar-refractivity contribution >= 4 is 17.7 Å². The van der Waals surface area contributed by atoms with Crippen LogP contribution in [0.3, 0.4) is 0 Å². The molecular weight excluding hydrogens is 258 g/mol. The minimum Gasteiger partial charge on any atom is -0.461 e. The van der Waals surface area contributed by atoms with Crippen LogP contribution in [-0.4, -0.2) is 30.1 Å². The molecule has 110 valence electrons. The first-order valence-corrected chi connectivity index (χ1v) is 8.67. The van der Waals surface area contributed by atoms with Crippen molar-refractivity contribution in [2.24, 2.45) is 22.5 Å². The van der Waals surface area contributed by atoms with Crippen LogP contribution in [-0.2, 0) is 9.53 Å². The Balaban J connectivity index is 1.96. The van der Waals surface area contributed by atoms with Crippen LogP contribution in [0.1, 0.15) is 46.5 Å². The molecule has 4 heteroatoms. The van der Waals surface area contributed by atoms with E-state index < -0.39 is 6.04 Å². The monoisotopic (exact) mass is 285 g/mol. The molecule has 0 saturated heterocycles. The van der Waals surface area contributed by atoms with Crippen LogP contribution in [0, 0.1) is 16.7 Å². The molecule has 2 rings (SSSR count). The summed E-state index contributed by atoms with van der Waals surface area (Å²) in [7, 11) is 0. The molecule has 4 atom stereocenters. The van der Waals surface area contributed by atoms with Gasteiger partial charge in [0, 0.05) is 5.41 Å². The van der Waals surface area contributed by atoms with Crippen LogP contribution in [0.2, 0.25) is 0 Å². The summed E-state index contributed by atoms with van der Waals surface area (Å²) in [4.78, 5) is 12.1. The molecule has 2 aliphatic carbocycles. The molecule has 0 amide bonds. The average molecular weight is 285 g/mol.